The number of nitrogens with one attached hydrogen (secondary N) is 1. The second-order valence-electron chi connectivity index (χ2n) is 4.59. The van der Waals surface area contributed by atoms with Crippen molar-refractivity contribution in [1.82, 2.24) is 10.2 Å². The molecule has 0 aromatic heterocycles. The van der Waals surface area contributed by atoms with Gasteiger partial charge in [-0.3, -0.25) is 5.32 Å². The monoisotopic (exact) mass is 336 g/mol. The molecule has 2 nitrogen and oxygen atoms in total. The van der Waals surface area contributed by atoms with E-state index < -0.39 is 0 Å². The van der Waals surface area contributed by atoms with E-state index in [4.69, 9.17) is 24.4 Å². The van der Waals surface area contributed by atoms with Crippen molar-refractivity contribution in [2.75, 3.05) is 25.4 Å². The summed E-state index contributed by atoms with van der Waals surface area (Å²) in [4.78, 5) is 2.33. The number of nitrogens with zero attached hydrogens (tertiary/aromatic N) is 1. The van der Waals surface area contributed by atoms with Crippen LogP contribution >= 0.6 is 48.0 Å². The molecule has 1 heterocycles. The second kappa shape index (κ2) is 10.4. The Morgan fingerprint density at radius 1 is 1.26 bits per heavy atom. The van der Waals surface area contributed by atoms with Gasteiger partial charge in [0.1, 0.15) is 4.32 Å². The molecule has 1 aliphatic rings. The largest absolute Gasteiger partial charge is 0.357 e. The lowest BCUT2D eigenvalue weighted by Gasteiger charge is -2.25. The van der Waals surface area contributed by atoms with Crippen molar-refractivity contribution in [2.45, 2.75) is 44.9 Å². The summed E-state index contributed by atoms with van der Waals surface area (Å²) < 4.78 is 1.95. The van der Waals surface area contributed by atoms with Gasteiger partial charge in [0.15, 0.2) is 0 Å². The highest BCUT2D eigenvalue weighted by Gasteiger charge is 2.22. The third-order valence-electron chi connectivity index (χ3n) is 2.94. The average Bonchev–Trinajstić information content (AvgIpc) is 2.92. The van der Waals surface area contributed by atoms with Crippen LogP contribution in [0.4, 0.5) is 0 Å². The summed E-state index contributed by atoms with van der Waals surface area (Å²) in [6.07, 6.45) is 4.82. The van der Waals surface area contributed by atoms with Crippen LogP contribution in [0.3, 0.4) is 0 Å². The van der Waals surface area contributed by atoms with E-state index in [1.54, 1.807) is 11.8 Å². The van der Waals surface area contributed by atoms with Gasteiger partial charge in [-0.1, -0.05) is 62.9 Å². The highest BCUT2D eigenvalue weighted by atomic mass is 32.2. The minimum atomic E-state index is 0.303. The Hall–Kier alpha value is 0.640. The van der Waals surface area contributed by atoms with E-state index in [0.717, 1.165) is 33.9 Å². The average molecular weight is 337 g/mol. The molecule has 0 spiro atoms. The second-order valence-corrected chi connectivity index (χ2v) is 8.17. The Balaban J connectivity index is 2.42. The zero-order valence-electron chi connectivity index (χ0n) is 11.8. The standard InChI is InChI=1S/C13H24N2S4/c1-3-5-8-15(9-6-4-2)13(17)19-12(16)11-14-7-10-18-11/h11,14H,3-10H2,1-2H3. The van der Waals surface area contributed by atoms with Crippen LogP contribution in [0.1, 0.15) is 39.5 Å². The predicted molar refractivity (Wildman–Crippen MR) is 98.4 cm³/mol. The molecule has 1 saturated heterocycles. The van der Waals surface area contributed by atoms with Crippen molar-refractivity contribution >= 4 is 56.5 Å². The van der Waals surface area contributed by atoms with E-state index >= 15 is 0 Å². The molecular formula is C13H24N2S4. The van der Waals surface area contributed by atoms with E-state index in [9.17, 15) is 0 Å². The molecule has 19 heavy (non-hydrogen) atoms. The maximum absolute atomic E-state index is 5.58. The highest BCUT2D eigenvalue weighted by Crippen LogP contribution is 2.24. The minimum Gasteiger partial charge on any atom is -0.357 e. The van der Waals surface area contributed by atoms with Gasteiger partial charge in [-0.25, -0.2) is 0 Å². The summed E-state index contributed by atoms with van der Waals surface area (Å²) in [7, 11) is 0. The van der Waals surface area contributed by atoms with E-state index in [0.29, 0.717) is 5.37 Å². The number of unbranched alkanes of at least 4 members (excludes halogenated alkanes) is 2. The van der Waals surface area contributed by atoms with Crippen LogP contribution in [0, 0.1) is 0 Å². The Bertz CT molecular complexity index is 282. The molecule has 0 saturated carbocycles. The quantitative estimate of drug-likeness (QED) is 0.704. The molecule has 1 atom stereocenters. The van der Waals surface area contributed by atoms with Crippen LogP contribution in [0.2, 0.25) is 0 Å². The van der Waals surface area contributed by atoms with Crippen LogP contribution in [0.25, 0.3) is 0 Å². The van der Waals surface area contributed by atoms with Crippen molar-refractivity contribution in [3.8, 4) is 0 Å². The van der Waals surface area contributed by atoms with Gasteiger partial charge in [-0.05, 0) is 12.8 Å². The lowest BCUT2D eigenvalue weighted by atomic mass is 10.3. The fourth-order valence-corrected chi connectivity index (χ4v) is 4.77. The number of thioether (sulfide) groups is 2. The van der Waals surface area contributed by atoms with Crippen LogP contribution in [0.5, 0.6) is 0 Å². The fraction of sp³-hybridized carbons (Fsp3) is 0.846. The first-order chi connectivity index (χ1) is 9.19. The Labute approximate surface area is 136 Å². The summed E-state index contributed by atoms with van der Waals surface area (Å²) in [5, 5.41) is 3.71. The van der Waals surface area contributed by atoms with Crippen molar-refractivity contribution < 1.29 is 0 Å². The van der Waals surface area contributed by atoms with Crippen LogP contribution in [-0.4, -0.2) is 44.2 Å². The van der Waals surface area contributed by atoms with E-state index in [2.05, 4.69) is 24.1 Å². The molecule has 1 unspecified atom stereocenters. The summed E-state index contributed by atoms with van der Waals surface area (Å²) in [6.45, 7) is 7.63. The Morgan fingerprint density at radius 3 is 2.37 bits per heavy atom. The summed E-state index contributed by atoms with van der Waals surface area (Å²) in [5.74, 6) is 1.15. The minimum absolute atomic E-state index is 0.303. The zero-order valence-corrected chi connectivity index (χ0v) is 15.1. The topological polar surface area (TPSA) is 15.3 Å². The van der Waals surface area contributed by atoms with Gasteiger partial charge in [0.05, 0.1) is 9.57 Å². The van der Waals surface area contributed by atoms with Gasteiger partial charge in [0.2, 0.25) is 0 Å². The maximum atomic E-state index is 5.58. The van der Waals surface area contributed by atoms with Crippen molar-refractivity contribution in [2.24, 2.45) is 0 Å². The lowest BCUT2D eigenvalue weighted by Crippen LogP contribution is -2.33. The Morgan fingerprint density at radius 2 is 1.89 bits per heavy atom. The normalized spacial score (nSPS) is 18.5. The van der Waals surface area contributed by atoms with Crippen LogP contribution < -0.4 is 5.32 Å². The third-order valence-corrected chi connectivity index (χ3v) is 6.28. The zero-order chi connectivity index (χ0) is 14.1. The van der Waals surface area contributed by atoms with E-state index in [1.165, 1.54) is 25.7 Å². The molecule has 0 aromatic carbocycles. The molecule has 110 valence electrons. The van der Waals surface area contributed by atoms with Gasteiger partial charge in [-0.2, -0.15) is 0 Å². The molecule has 6 heteroatoms. The molecule has 1 rings (SSSR count). The van der Waals surface area contributed by atoms with Gasteiger partial charge in [0.25, 0.3) is 0 Å². The van der Waals surface area contributed by atoms with Gasteiger partial charge in [-0.15, -0.1) is 11.8 Å². The number of hydrogen-bond donors (Lipinski definition) is 1. The number of hydrogen-bond acceptors (Lipinski definition) is 5. The molecule has 0 aromatic rings. The summed E-state index contributed by atoms with van der Waals surface area (Å²) in [6, 6.07) is 0. The van der Waals surface area contributed by atoms with Gasteiger partial charge in [0, 0.05) is 25.4 Å². The molecule has 1 fully saturated rings. The molecule has 1 aliphatic heterocycles. The number of rotatable bonds is 7. The fourth-order valence-electron chi connectivity index (χ4n) is 1.77. The number of thiocarbonyl (C=S) groups is 2. The first-order valence-electron chi connectivity index (χ1n) is 7.04. The highest BCUT2D eigenvalue weighted by molar-refractivity contribution is 8.38. The van der Waals surface area contributed by atoms with Gasteiger partial charge < -0.3 is 4.90 Å². The van der Waals surface area contributed by atoms with Crippen molar-refractivity contribution in [3.63, 3.8) is 0 Å². The van der Waals surface area contributed by atoms with Crippen molar-refractivity contribution in [1.29, 1.82) is 0 Å². The molecule has 1 N–H and O–H groups in total. The smallest absolute Gasteiger partial charge is 0.141 e. The lowest BCUT2D eigenvalue weighted by molar-refractivity contribution is 0.411. The van der Waals surface area contributed by atoms with Crippen LogP contribution in [0.15, 0.2) is 0 Å². The third kappa shape index (κ3) is 6.76. The maximum Gasteiger partial charge on any atom is 0.141 e. The summed E-state index contributed by atoms with van der Waals surface area (Å²) in [5.41, 5.74) is 0. The molecule has 0 radical (unpaired) electrons. The van der Waals surface area contributed by atoms with Crippen LogP contribution in [-0.2, 0) is 0 Å². The molecule has 0 aliphatic carbocycles. The van der Waals surface area contributed by atoms with E-state index in [-0.39, 0.29) is 0 Å². The van der Waals surface area contributed by atoms with E-state index in [1.807, 2.05) is 11.8 Å². The molecule has 0 amide bonds. The first-order valence-corrected chi connectivity index (χ1v) is 9.72. The van der Waals surface area contributed by atoms with Gasteiger partial charge >= 0.3 is 0 Å². The molecule has 0 bridgehead atoms. The predicted octanol–water partition coefficient (Wildman–Crippen LogP) is 3.90. The Kier molecular flexibility index (Phi) is 9.66. The van der Waals surface area contributed by atoms with Crippen molar-refractivity contribution in [3.05, 3.63) is 0 Å². The first kappa shape index (κ1) is 17.7. The SMILES string of the molecule is CCCCN(CCCC)C(=S)SC(=S)C1NCCS1. The molecular weight excluding hydrogens is 312 g/mol. The summed E-state index contributed by atoms with van der Waals surface area (Å²) >= 11 is 14.6.